The Bertz CT molecular complexity index is 772. The molecule has 0 saturated carbocycles. The van der Waals surface area contributed by atoms with Crippen LogP contribution < -0.4 is 22.1 Å². The lowest BCUT2D eigenvalue weighted by Crippen LogP contribution is -2.15. The third kappa shape index (κ3) is 6.28. The van der Waals surface area contributed by atoms with Crippen molar-refractivity contribution in [3.63, 3.8) is 0 Å². The van der Waals surface area contributed by atoms with Gasteiger partial charge in [0.15, 0.2) is 0 Å². The second-order valence-electron chi connectivity index (χ2n) is 5.93. The Kier molecular flexibility index (Phi) is 6.65. The van der Waals surface area contributed by atoms with E-state index in [1.165, 1.54) is 0 Å². The molecule has 2 rings (SSSR count). The lowest BCUT2D eigenvalue weighted by atomic mass is 10.1. The second-order valence-corrected chi connectivity index (χ2v) is 5.93. The van der Waals surface area contributed by atoms with Gasteiger partial charge in [-0.1, -0.05) is 0 Å². The fourth-order valence-corrected chi connectivity index (χ4v) is 2.32. The first kappa shape index (κ1) is 19.6. The second kappa shape index (κ2) is 9.14. The van der Waals surface area contributed by atoms with E-state index >= 15 is 0 Å². The quantitative estimate of drug-likeness (QED) is 0.312. The van der Waals surface area contributed by atoms with Crippen LogP contribution in [0.1, 0.15) is 30.4 Å². The zero-order valence-electron chi connectivity index (χ0n) is 14.7. The summed E-state index contributed by atoms with van der Waals surface area (Å²) >= 11 is 0. The molecule has 27 heavy (non-hydrogen) atoms. The first-order chi connectivity index (χ1) is 12.8. The van der Waals surface area contributed by atoms with Crippen LogP contribution in [0.2, 0.25) is 0 Å². The van der Waals surface area contributed by atoms with Gasteiger partial charge in [0.25, 0.3) is 0 Å². The third-order valence-corrected chi connectivity index (χ3v) is 3.77. The van der Waals surface area contributed by atoms with E-state index in [4.69, 9.17) is 22.3 Å². The van der Waals surface area contributed by atoms with E-state index in [0.29, 0.717) is 28.9 Å². The normalized spacial score (nSPS) is 10.1. The zero-order chi connectivity index (χ0) is 19.8. The van der Waals surface area contributed by atoms with Gasteiger partial charge in [-0.3, -0.25) is 20.4 Å². The molecule has 0 aromatic heterocycles. The molecule has 0 aliphatic heterocycles. The van der Waals surface area contributed by atoms with Crippen molar-refractivity contribution in [3.05, 3.63) is 59.7 Å². The summed E-state index contributed by atoms with van der Waals surface area (Å²) in [5, 5.41) is 20.1. The Morgan fingerprint density at radius 1 is 0.704 bits per heavy atom. The van der Waals surface area contributed by atoms with Crippen LogP contribution >= 0.6 is 0 Å². The third-order valence-electron chi connectivity index (χ3n) is 3.77. The summed E-state index contributed by atoms with van der Waals surface area (Å²) in [6, 6.07) is 13.3. The van der Waals surface area contributed by atoms with Crippen LogP contribution in [0.4, 0.5) is 11.4 Å². The Balaban J connectivity index is 1.73. The van der Waals surface area contributed by atoms with Crippen molar-refractivity contribution in [1.82, 2.24) is 0 Å². The summed E-state index contributed by atoms with van der Waals surface area (Å²) in [5.74, 6) is -0.446. The van der Waals surface area contributed by atoms with Crippen LogP contribution in [0.15, 0.2) is 48.5 Å². The van der Waals surface area contributed by atoms with E-state index in [1.54, 1.807) is 48.5 Å². The molecule has 0 heterocycles. The van der Waals surface area contributed by atoms with Crippen molar-refractivity contribution in [1.29, 1.82) is 10.8 Å². The number of carbonyl (C=O) groups excluding carboxylic acids is 2. The topological polar surface area (TPSA) is 158 Å². The SMILES string of the molecule is N=C(N)c1ccc(NC(=O)CCCC(=O)Nc2ccc(C(=N)N)cc2)cc1. The molecule has 0 spiro atoms. The van der Waals surface area contributed by atoms with Gasteiger partial charge in [0.05, 0.1) is 0 Å². The van der Waals surface area contributed by atoms with Crippen LogP contribution in [-0.2, 0) is 9.59 Å². The number of rotatable bonds is 8. The summed E-state index contributed by atoms with van der Waals surface area (Å²) < 4.78 is 0. The predicted molar refractivity (Wildman–Crippen MR) is 106 cm³/mol. The zero-order valence-corrected chi connectivity index (χ0v) is 14.7. The van der Waals surface area contributed by atoms with E-state index in [-0.39, 0.29) is 36.3 Å². The molecule has 8 N–H and O–H groups in total. The van der Waals surface area contributed by atoms with Crippen molar-refractivity contribution in [3.8, 4) is 0 Å². The Labute approximate surface area is 157 Å². The summed E-state index contributed by atoms with van der Waals surface area (Å²) in [7, 11) is 0. The highest BCUT2D eigenvalue weighted by atomic mass is 16.2. The molecule has 0 saturated heterocycles. The van der Waals surface area contributed by atoms with Gasteiger partial charge in [0, 0.05) is 35.3 Å². The van der Waals surface area contributed by atoms with Crippen LogP contribution in [0, 0.1) is 10.8 Å². The number of anilines is 2. The molecule has 0 bridgehead atoms. The van der Waals surface area contributed by atoms with Crippen molar-refractivity contribution in [2.75, 3.05) is 10.6 Å². The smallest absolute Gasteiger partial charge is 0.224 e. The molecule has 140 valence electrons. The average Bonchev–Trinajstić information content (AvgIpc) is 2.62. The van der Waals surface area contributed by atoms with Gasteiger partial charge in [-0.05, 0) is 55.0 Å². The highest BCUT2D eigenvalue weighted by molar-refractivity contribution is 5.97. The molecule has 8 heteroatoms. The molecule has 8 nitrogen and oxygen atoms in total. The maximum atomic E-state index is 11.9. The van der Waals surface area contributed by atoms with Gasteiger partial charge < -0.3 is 22.1 Å². The molecular weight excluding hydrogens is 344 g/mol. The minimum Gasteiger partial charge on any atom is -0.384 e. The van der Waals surface area contributed by atoms with Gasteiger partial charge in [-0.15, -0.1) is 0 Å². The molecule has 0 aliphatic carbocycles. The number of nitrogens with one attached hydrogen (secondary N) is 4. The molecular formula is C19H22N6O2. The van der Waals surface area contributed by atoms with E-state index in [0.717, 1.165) is 0 Å². The van der Waals surface area contributed by atoms with Crippen LogP contribution in [-0.4, -0.2) is 23.5 Å². The van der Waals surface area contributed by atoms with Crippen molar-refractivity contribution in [2.45, 2.75) is 19.3 Å². The van der Waals surface area contributed by atoms with E-state index in [1.807, 2.05) is 0 Å². The minimum absolute atomic E-state index is 0.0326. The first-order valence-electron chi connectivity index (χ1n) is 8.34. The highest BCUT2D eigenvalue weighted by Crippen LogP contribution is 2.12. The van der Waals surface area contributed by atoms with Gasteiger partial charge >= 0.3 is 0 Å². The molecule has 2 aromatic rings. The number of benzene rings is 2. The van der Waals surface area contributed by atoms with Crippen molar-refractivity contribution < 1.29 is 9.59 Å². The largest absolute Gasteiger partial charge is 0.384 e. The molecule has 2 amide bonds. The monoisotopic (exact) mass is 366 g/mol. The lowest BCUT2D eigenvalue weighted by Gasteiger charge is -2.07. The fraction of sp³-hybridized carbons (Fsp3) is 0.158. The van der Waals surface area contributed by atoms with Crippen molar-refractivity contribution in [2.24, 2.45) is 11.5 Å². The maximum absolute atomic E-state index is 11.9. The van der Waals surface area contributed by atoms with E-state index in [9.17, 15) is 9.59 Å². The molecule has 0 aliphatic rings. The van der Waals surface area contributed by atoms with Gasteiger partial charge in [0.2, 0.25) is 11.8 Å². The summed E-state index contributed by atoms with van der Waals surface area (Å²) in [5.41, 5.74) is 13.1. The average molecular weight is 366 g/mol. The van der Waals surface area contributed by atoms with Crippen LogP contribution in [0.5, 0.6) is 0 Å². The van der Waals surface area contributed by atoms with Gasteiger partial charge in [0.1, 0.15) is 11.7 Å². The van der Waals surface area contributed by atoms with Crippen LogP contribution in [0.3, 0.4) is 0 Å². The van der Waals surface area contributed by atoms with E-state index < -0.39 is 0 Å². The molecule has 0 atom stereocenters. The summed E-state index contributed by atoms with van der Waals surface area (Å²) in [4.78, 5) is 23.9. The number of amidine groups is 2. The number of nitrogen functional groups attached to an aromatic ring is 2. The standard InChI is InChI=1S/C19H22N6O2/c20-18(21)12-4-8-14(9-5-12)24-16(26)2-1-3-17(27)25-15-10-6-13(7-11-15)19(22)23/h4-11H,1-3H2,(H3,20,21)(H3,22,23)(H,24,26)(H,25,27). The summed E-state index contributed by atoms with van der Waals surface area (Å²) in [6.45, 7) is 0. The lowest BCUT2D eigenvalue weighted by molar-refractivity contribution is -0.117. The molecule has 0 unspecified atom stereocenters. The maximum Gasteiger partial charge on any atom is 0.224 e. The molecule has 0 radical (unpaired) electrons. The van der Waals surface area contributed by atoms with Gasteiger partial charge in [-0.2, -0.15) is 0 Å². The molecule has 0 fully saturated rings. The molecule has 2 aromatic carbocycles. The van der Waals surface area contributed by atoms with E-state index in [2.05, 4.69) is 10.6 Å². The first-order valence-corrected chi connectivity index (χ1v) is 8.34. The fourth-order valence-electron chi connectivity index (χ4n) is 2.32. The predicted octanol–water partition coefficient (Wildman–Crippen LogP) is 2.00. The Morgan fingerprint density at radius 2 is 1.04 bits per heavy atom. The number of carbonyl (C=O) groups is 2. The number of hydrogen-bond donors (Lipinski definition) is 6. The minimum atomic E-state index is -0.191. The van der Waals surface area contributed by atoms with Gasteiger partial charge in [-0.25, -0.2) is 0 Å². The number of nitrogens with two attached hydrogens (primary N) is 2. The van der Waals surface area contributed by atoms with Crippen molar-refractivity contribution >= 4 is 34.9 Å². The Morgan fingerprint density at radius 3 is 1.33 bits per heavy atom. The Hall–Kier alpha value is -3.68. The number of amides is 2. The van der Waals surface area contributed by atoms with Crippen LogP contribution in [0.25, 0.3) is 0 Å². The number of hydrogen-bond acceptors (Lipinski definition) is 4. The summed E-state index contributed by atoms with van der Waals surface area (Å²) in [6.07, 6.45) is 0.838. The highest BCUT2D eigenvalue weighted by Gasteiger charge is 2.07.